The average Bonchev–Trinajstić information content (AvgIpc) is 2.70. The number of nitrogens with zero attached hydrogens (tertiary/aromatic N) is 3. The summed E-state index contributed by atoms with van der Waals surface area (Å²) in [5.74, 6) is -0.114. The van der Waals surface area contributed by atoms with E-state index < -0.39 is 4.92 Å². The monoisotopic (exact) mass is 395 g/mol. The Hall–Kier alpha value is -0.430. The van der Waals surface area contributed by atoms with Crippen LogP contribution in [0.4, 0.5) is 5.82 Å². The molecule has 0 unspecified atom stereocenters. The molecule has 108 valence electrons. The van der Waals surface area contributed by atoms with Crippen LogP contribution >= 0.6 is 31.9 Å². The van der Waals surface area contributed by atoms with Gasteiger partial charge in [0.1, 0.15) is 4.47 Å². The third kappa shape index (κ3) is 4.27. The second-order valence-electron chi connectivity index (χ2n) is 4.89. The molecule has 1 aromatic rings. The molecule has 7 heteroatoms. The van der Waals surface area contributed by atoms with Gasteiger partial charge in [-0.1, -0.05) is 42.6 Å². The lowest BCUT2D eigenvalue weighted by Gasteiger charge is -2.30. The highest BCUT2D eigenvalue weighted by molar-refractivity contribution is 9.10. The molecule has 0 saturated heterocycles. The van der Waals surface area contributed by atoms with Crippen LogP contribution in [0.15, 0.2) is 10.7 Å². The molecule has 0 aliphatic carbocycles. The van der Waals surface area contributed by atoms with E-state index >= 15 is 0 Å². The standard InChI is InChI=1S/C12H19Br2N3O2/c1-3-5-12(8-13,6-4-2)9-16-7-10(14)11(15-16)17(18)19/h7H,3-6,8-9H2,1-2H3. The maximum absolute atomic E-state index is 10.8. The van der Waals surface area contributed by atoms with Crippen molar-refractivity contribution in [3.8, 4) is 0 Å². The van der Waals surface area contributed by atoms with Crippen molar-refractivity contribution in [3.63, 3.8) is 0 Å². The van der Waals surface area contributed by atoms with Crippen LogP contribution in [0.3, 0.4) is 0 Å². The van der Waals surface area contributed by atoms with Crippen molar-refractivity contribution in [2.45, 2.75) is 46.1 Å². The van der Waals surface area contributed by atoms with Crippen LogP contribution in [0.5, 0.6) is 0 Å². The molecular weight excluding hydrogens is 378 g/mol. The highest BCUT2D eigenvalue weighted by Crippen LogP contribution is 2.35. The van der Waals surface area contributed by atoms with Crippen molar-refractivity contribution < 1.29 is 4.92 Å². The van der Waals surface area contributed by atoms with Gasteiger partial charge in [-0.25, -0.2) is 0 Å². The fourth-order valence-electron chi connectivity index (χ4n) is 2.45. The minimum Gasteiger partial charge on any atom is -0.358 e. The topological polar surface area (TPSA) is 61.0 Å². The van der Waals surface area contributed by atoms with Crippen molar-refractivity contribution in [3.05, 3.63) is 20.8 Å². The van der Waals surface area contributed by atoms with Gasteiger partial charge in [0.05, 0.1) is 17.8 Å². The highest BCUT2D eigenvalue weighted by Gasteiger charge is 2.30. The summed E-state index contributed by atoms with van der Waals surface area (Å²) >= 11 is 6.79. The first-order valence-corrected chi connectivity index (χ1v) is 8.32. The molecule has 1 aromatic heterocycles. The van der Waals surface area contributed by atoms with E-state index in [-0.39, 0.29) is 11.2 Å². The molecule has 5 nitrogen and oxygen atoms in total. The van der Waals surface area contributed by atoms with Gasteiger partial charge in [0.15, 0.2) is 0 Å². The lowest BCUT2D eigenvalue weighted by molar-refractivity contribution is -0.390. The van der Waals surface area contributed by atoms with Crippen molar-refractivity contribution in [1.29, 1.82) is 0 Å². The molecule has 0 aliphatic heterocycles. The molecule has 0 amide bonds. The fourth-order valence-corrected chi connectivity index (χ4v) is 3.65. The minimum absolute atomic E-state index is 0.114. The zero-order chi connectivity index (χ0) is 14.5. The smallest absolute Gasteiger partial charge is 0.358 e. The van der Waals surface area contributed by atoms with Crippen LogP contribution in [-0.2, 0) is 6.54 Å². The Bertz CT molecular complexity index is 429. The van der Waals surface area contributed by atoms with Crippen molar-refractivity contribution in [2.24, 2.45) is 5.41 Å². The summed E-state index contributed by atoms with van der Waals surface area (Å²) in [6.07, 6.45) is 6.04. The Morgan fingerprint density at radius 1 is 1.42 bits per heavy atom. The Balaban J connectivity index is 2.95. The molecule has 0 atom stereocenters. The summed E-state index contributed by atoms with van der Waals surface area (Å²) in [5.41, 5.74) is 0.114. The predicted octanol–water partition coefficient (Wildman–Crippen LogP) is 4.54. The van der Waals surface area contributed by atoms with Crippen LogP contribution in [0.2, 0.25) is 0 Å². The summed E-state index contributed by atoms with van der Waals surface area (Å²) in [4.78, 5) is 10.3. The van der Waals surface area contributed by atoms with E-state index in [0.29, 0.717) is 11.0 Å². The largest absolute Gasteiger partial charge is 0.404 e. The average molecular weight is 397 g/mol. The lowest BCUT2D eigenvalue weighted by atomic mass is 9.81. The molecule has 1 rings (SSSR count). The number of alkyl halides is 1. The number of nitro groups is 1. The fraction of sp³-hybridized carbons (Fsp3) is 0.750. The second-order valence-corrected chi connectivity index (χ2v) is 6.30. The molecule has 1 heterocycles. The number of rotatable bonds is 8. The molecule has 0 saturated carbocycles. The summed E-state index contributed by atoms with van der Waals surface area (Å²) < 4.78 is 2.13. The quantitative estimate of drug-likeness (QED) is 0.368. The van der Waals surface area contributed by atoms with Gasteiger partial charge >= 0.3 is 5.82 Å². The van der Waals surface area contributed by atoms with Gasteiger partial charge in [0, 0.05) is 10.7 Å². The van der Waals surface area contributed by atoms with Crippen molar-refractivity contribution in [1.82, 2.24) is 9.78 Å². The molecular formula is C12H19Br2N3O2. The third-order valence-corrected chi connectivity index (χ3v) is 4.96. The summed E-state index contributed by atoms with van der Waals surface area (Å²) in [6, 6.07) is 0. The van der Waals surface area contributed by atoms with E-state index in [1.165, 1.54) is 0 Å². The summed E-state index contributed by atoms with van der Waals surface area (Å²) in [5, 5.41) is 15.8. The molecule has 0 fully saturated rings. The molecule has 0 radical (unpaired) electrons. The summed E-state index contributed by atoms with van der Waals surface area (Å²) in [6.45, 7) is 5.02. The SMILES string of the molecule is CCCC(CBr)(CCC)Cn1cc(Br)c([N+](=O)[O-])n1. The van der Waals surface area contributed by atoms with Crippen molar-refractivity contribution in [2.75, 3.05) is 5.33 Å². The lowest BCUT2D eigenvalue weighted by Crippen LogP contribution is -2.29. The first kappa shape index (κ1) is 16.6. The molecule has 0 N–H and O–H groups in total. The number of hydrogen-bond donors (Lipinski definition) is 0. The van der Waals surface area contributed by atoms with E-state index in [1.807, 2.05) is 0 Å². The Kier molecular flexibility index (Phi) is 6.46. The Morgan fingerprint density at radius 3 is 2.37 bits per heavy atom. The second kappa shape index (κ2) is 7.38. The van der Waals surface area contributed by atoms with Gasteiger partial charge in [-0.05, 0) is 33.7 Å². The zero-order valence-electron chi connectivity index (χ0n) is 11.2. The molecule has 0 aliphatic rings. The van der Waals surface area contributed by atoms with Crippen molar-refractivity contribution >= 4 is 37.7 Å². The number of halogens is 2. The molecule has 0 spiro atoms. The van der Waals surface area contributed by atoms with E-state index in [2.05, 4.69) is 50.8 Å². The molecule has 19 heavy (non-hydrogen) atoms. The third-order valence-electron chi connectivity index (χ3n) is 3.21. The van der Waals surface area contributed by atoms with Gasteiger partial charge in [0.25, 0.3) is 0 Å². The van der Waals surface area contributed by atoms with Gasteiger partial charge in [-0.15, -0.1) is 0 Å². The van der Waals surface area contributed by atoms with E-state index in [0.717, 1.165) is 31.0 Å². The van der Waals surface area contributed by atoms with E-state index in [1.54, 1.807) is 10.9 Å². The summed E-state index contributed by atoms with van der Waals surface area (Å²) in [7, 11) is 0. The first-order chi connectivity index (χ1) is 8.98. The van der Waals surface area contributed by atoms with Crippen LogP contribution in [-0.4, -0.2) is 20.0 Å². The van der Waals surface area contributed by atoms with Gasteiger partial charge < -0.3 is 10.1 Å². The zero-order valence-corrected chi connectivity index (χ0v) is 14.4. The number of hydrogen-bond acceptors (Lipinski definition) is 3. The van der Waals surface area contributed by atoms with E-state index in [4.69, 9.17) is 0 Å². The van der Waals surface area contributed by atoms with Crippen LogP contribution in [0.1, 0.15) is 39.5 Å². The Morgan fingerprint density at radius 2 is 2.00 bits per heavy atom. The predicted molar refractivity (Wildman–Crippen MR) is 82.6 cm³/mol. The van der Waals surface area contributed by atoms with E-state index in [9.17, 15) is 10.1 Å². The van der Waals surface area contributed by atoms with Gasteiger partial charge in [0.2, 0.25) is 0 Å². The van der Waals surface area contributed by atoms with Crippen LogP contribution in [0, 0.1) is 15.5 Å². The van der Waals surface area contributed by atoms with Crippen LogP contribution in [0.25, 0.3) is 0 Å². The Labute approximate surface area is 130 Å². The minimum atomic E-state index is -0.462. The maximum Gasteiger partial charge on any atom is 0.404 e. The highest BCUT2D eigenvalue weighted by atomic mass is 79.9. The van der Waals surface area contributed by atoms with Crippen LogP contribution < -0.4 is 0 Å². The molecule has 0 aromatic carbocycles. The van der Waals surface area contributed by atoms with Gasteiger partial charge in [-0.2, -0.15) is 4.68 Å². The number of aromatic nitrogens is 2. The first-order valence-electron chi connectivity index (χ1n) is 6.41. The maximum atomic E-state index is 10.8. The molecule has 0 bridgehead atoms. The normalized spacial score (nSPS) is 11.8. The van der Waals surface area contributed by atoms with Gasteiger partial charge in [-0.3, -0.25) is 0 Å².